The van der Waals surface area contributed by atoms with Crippen molar-refractivity contribution in [2.24, 2.45) is 0 Å². The Hall–Kier alpha value is 2.17. The van der Waals surface area contributed by atoms with E-state index < -0.39 is 0 Å². The van der Waals surface area contributed by atoms with E-state index in [1.807, 2.05) is 6.92 Å². The fourth-order valence-electron chi connectivity index (χ4n) is 0.201. The molecule has 0 spiro atoms. The predicted octanol–water partition coefficient (Wildman–Crippen LogP) is 1.50. The van der Waals surface area contributed by atoms with Crippen molar-refractivity contribution in [1.82, 2.24) is 0 Å². The van der Waals surface area contributed by atoms with Crippen LogP contribution in [0.25, 0.3) is 0 Å². The molecule has 0 unspecified atom stereocenters. The summed E-state index contributed by atoms with van der Waals surface area (Å²) in [6.45, 7) is 9.43. The maximum Gasteiger partial charge on any atom is 3.00 e. The molecule has 0 aromatic carbocycles. The summed E-state index contributed by atoms with van der Waals surface area (Å²) >= 11 is 0. The van der Waals surface area contributed by atoms with E-state index in [9.17, 15) is 0 Å². The number of hydrogen-bond acceptors (Lipinski definition) is 1. The molecule has 0 aliphatic rings. The van der Waals surface area contributed by atoms with E-state index in [0.717, 1.165) is 0 Å². The fourth-order valence-corrected chi connectivity index (χ4v) is 0.201. The van der Waals surface area contributed by atoms with Crippen LogP contribution in [0, 0.1) is 21.3 Å². The van der Waals surface area contributed by atoms with Crippen molar-refractivity contribution in [2.45, 2.75) is 13.0 Å². The molecule has 0 saturated carbocycles. The molecule has 0 saturated heterocycles. The first-order valence-corrected chi connectivity index (χ1v) is 2.01. The molecule has 0 amide bonds. The van der Waals surface area contributed by atoms with Crippen molar-refractivity contribution >= 4 is 0 Å². The molecule has 0 aliphatic heterocycles. The fraction of sp³-hybridized carbons (Fsp3) is 0.500. The first kappa shape index (κ1) is 22.5. The molecule has 0 N–H and O–H groups in total. The summed E-state index contributed by atoms with van der Waals surface area (Å²) in [6.07, 6.45) is 0.0856. The van der Waals surface area contributed by atoms with E-state index in [2.05, 4.69) is 13.8 Å². The molecule has 9 heavy (non-hydrogen) atoms. The summed E-state index contributed by atoms with van der Waals surface area (Å²) in [4.78, 5) is 0. The third kappa shape index (κ3) is 25.4. The Balaban J connectivity index is -0.0000000417. The number of ether oxygens (including phenoxy) is 1. The molecule has 49 valence electrons. The predicted molar refractivity (Wildman–Crippen MR) is 32.5 cm³/mol. The summed E-state index contributed by atoms with van der Waals surface area (Å²) in [7, 11) is 0. The van der Waals surface area contributed by atoms with Crippen LogP contribution < -0.4 is 0 Å². The average Bonchev–Trinajstić information content (AvgIpc) is 1.35. The van der Waals surface area contributed by atoms with Gasteiger partial charge in [0.15, 0.2) is 0 Å². The van der Waals surface area contributed by atoms with Gasteiger partial charge in [-0.2, -0.15) is 0 Å². The van der Waals surface area contributed by atoms with Gasteiger partial charge in [-0.3, -0.25) is 0 Å². The molecule has 0 aromatic rings. The van der Waals surface area contributed by atoms with Crippen LogP contribution in [-0.2, 0) is 70.2 Å². The monoisotopic (exact) mass is 279 g/mol. The van der Waals surface area contributed by atoms with Gasteiger partial charge in [0.05, 0.1) is 0 Å². The van der Waals surface area contributed by atoms with Gasteiger partial charge < -0.3 is 26.0 Å². The van der Waals surface area contributed by atoms with Crippen molar-refractivity contribution in [3.05, 3.63) is 21.3 Å². The van der Waals surface area contributed by atoms with Crippen LogP contribution in [0.15, 0.2) is 0 Å². The Bertz CT molecular complexity index is 32.2. The van der Waals surface area contributed by atoms with Crippen LogP contribution in [-0.4, -0.2) is 12.7 Å². The van der Waals surface area contributed by atoms with Crippen LogP contribution in [0.4, 0.5) is 0 Å². The van der Waals surface area contributed by atoms with E-state index in [0.29, 0.717) is 6.61 Å². The number of hydrogen-bond donors (Lipinski definition) is 0. The van der Waals surface area contributed by atoms with Gasteiger partial charge >= 0.3 is 32.7 Å². The molecule has 1 radical (unpaired) electrons. The Morgan fingerprint density at radius 1 is 1.56 bits per heavy atom. The maximum atomic E-state index is 4.82. The summed E-state index contributed by atoms with van der Waals surface area (Å²) < 4.78 is 4.82. The zero-order valence-electron chi connectivity index (χ0n) is 6.26. The molecule has 1 nitrogen and oxygen atoms in total. The van der Waals surface area contributed by atoms with Crippen molar-refractivity contribution in [1.29, 1.82) is 0 Å². The van der Waals surface area contributed by atoms with Gasteiger partial charge in [0.2, 0.25) is 0 Å². The molecule has 0 fully saturated rings. The summed E-state index contributed by atoms with van der Waals surface area (Å²) in [5.74, 6) is 0. The third-order valence-electron chi connectivity index (χ3n) is 0.402. The normalized spacial score (nSPS) is 9.67. The SMILES string of the molecule is [CH2-]CO[C@H]([CH2-])C.[CH3-].[Y+3].[Y]. The Labute approximate surface area is 109 Å². The van der Waals surface area contributed by atoms with Gasteiger partial charge in [-0.15, -0.1) is 0 Å². The average molecular weight is 279 g/mol. The van der Waals surface area contributed by atoms with Crippen molar-refractivity contribution < 1.29 is 70.2 Å². The summed E-state index contributed by atoms with van der Waals surface area (Å²) in [5, 5.41) is 0. The van der Waals surface area contributed by atoms with Gasteiger partial charge in [-0.05, 0) is 0 Å². The topological polar surface area (TPSA) is 9.23 Å². The van der Waals surface area contributed by atoms with Crippen LogP contribution >= 0.6 is 0 Å². The van der Waals surface area contributed by atoms with E-state index in [1.54, 1.807) is 0 Å². The van der Waals surface area contributed by atoms with Crippen LogP contribution in [0.3, 0.4) is 0 Å². The van der Waals surface area contributed by atoms with Crippen LogP contribution in [0.5, 0.6) is 0 Å². The molecular weight excluding hydrogens is 266 g/mol. The molecule has 0 bridgehead atoms. The second-order valence-corrected chi connectivity index (χ2v) is 1.18. The quantitative estimate of drug-likeness (QED) is 0.696. The van der Waals surface area contributed by atoms with E-state index in [-0.39, 0.29) is 78.9 Å². The molecule has 3 heteroatoms. The van der Waals surface area contributed by atoms with E-state index in [1.165, 1.54) is 0 Å². The first-order chi connectivity index (χ1) is 2.77. The van der Waals surface area contributed by atoms with Crippen LogP contribution in [0.2, 0.25) is 0 Å². The summed E-state index contributed by atoms with van der Waals surface area (Å²) in [6, 6.07) is 0. The zero-order chi connectivity index (χ0) is 4.99. The second-order valence-electron chi connectivity index (χ2n) is 1.18. The first-order valence-electron chi connectivity index (χ1n) is 2.01. The Morgan fingerprint density at radius 3 is 1.89 bits per heavy atom. The molecule has 1 atom stereocenters. The van der Waals surface area contributed by atoms with E-state index in [4.69, 9.17) is 4.74 Å². The van der Waals surface area contributed by atoms with Gasteiger partial charge in [-0.25, -0.2) is 0 Å². The van der Waals surface area contributed by atoms with Crippen LogP contribution in [0.1, 0.15) is 6.92 Å². The maximum absolute atomic E-state index is 4.82. The Kier molecular flexibility index (Phi) is 41.5. The smallest absolute Gasteiger partial charge is 0.442 e. The van der Waals surface area contributed by atoms with Gasteiger partial charge in [0.25, 0.3) is 0 Å². The van der Waals surface area contributed by atoms with E-state index >= 15 is 0 Å². The van der Waals surface area contributed by atoms with Crippen molar-refractivity contribution in [2.75, 3.05) is 6.61 Å². The van der Waals surface area contributed by atoms with Gasteiger partial charge in [0.1, 0.15) is 0 Å². The summed E-state index contributed by atoms with van der Waals surface area (Å²) in [5.41, 5.74) is 0. The molecular formula is C6H13OY2. The Morgan fingerprint density at radius 2 is 1.89 bits per heavy atom. The molecule has 0 rings (SSSR count). The molecule has 0 aliphatic carbocycles. The van der Waals surface area contributed by atoms with Crippen molar-refractivity contribution in [3.63, 3.8) is 0 Å². The minimum Gasteiger partial charge on any atom is -0.442 e. The second kappa shape index (κ2) is 16.6. The van der Waals surface area contributed by atoms with Gasteiger partial charge in [0, 0.05) is 32.7 Å². The van der Waals surface area contributed by atoms with Gasteiger partial charge in [-0.1, -0.05) is 19.6 Å². The zero-order valence-corrected chi connectivity index (χ0v) is 11.9. The van der Waals surface area contributed by atoms with Crippen molar-refractivity contribution in [3.8, 4) is 0 Å². The largest absolute Gasteiger partial charge is 3.00 e. The molecule has 0 aromatic heterocycles. The minimum absolute atomic E-state index is 0. The minimum atomic E-state index is 0. The standard InChI is InChI=1S/C5H10O.CH3.2Y/c1-4-6-5(2)3;;;/h5H,1-2,4H2,3H3;1H3;;/q-2;-1;;+3/t5-;;;/m1.../s1. The third-order valence-corrected chi connectivity index (χ3v) is 0.402. The molecule has 0 heterocycles. The number of rotatable bonds is 2.